The Morgan fingerprint density at radius 2 is 2.24 bits per heavy atom. The predicted molar refractivity (Wildman–Crippen MR) is 68.2 cm³/mol. The molecule has 2 atom stereocenters. The van der Waals surface area contributed by atoms with Crippen LogP contribution in [0.1, 0.15) is 31.2 Å². The molecule has 1 aromatic rings. The third kappa shape index (κ3) is 2.31. The van der Waals surface area contributed by atoms with Gasteiger partial charge >= 0.3 is 0 Å². The SMILES string of the molecule is CN[C@@H]1CCCCC1(O)c1cccc(OC)c1. The van der Waals surface area contributed by atoms with Crippen molar-refractivity contribution in [1.29, 1.82) is 0 Å². The molecule has 17 heavy (non-hydrogen) atoms. The molecular formula is C14H21NO2. The molecule has 1 fully saturated rings. The minimum absolute atomic E-state index is 0.128. The molecule has 94 valence electrons. The monoisotopic (exact) mass is 235 g/mol. The van der Waals surface area contributed by atoms with Crippen molar-refractivity contribution in [1.82, 2.24) is 5.32 Å². The van der Waals surface area contributed by atoms with E-state index in [0.717, 1.165) is 30.6 Å². The van der Waals surface area contributed by atoms with Crippen LogP contribution in [-0.2, 0) is 5.60 Å². The summed E-state index contributed by atoms with van der Waals surface area (Å²) >= 11 is 0. The van der Waals surface area contributed by atoms with Crippen LogP contribution >= 0.6 is 0 Å². The van der Waals surface area contributed by atoms with Gasteiger partial charge in [-0.3, -0.25) is 0 Å². The number of ether oxygens (including phenoxy) is 1. The maximum absolute atomic E-state index is 10.9. The first-order valence-electron chi connectivity index (χ1n) is 6.25. The summed E-state index contributed by atoms with van der Waals surface area (Å²) in [6, 6.07) is 7.90. The van der Waals surface area contributed by atoms with E-state index in [1.165, 1.54) is 6.42 Å². The van der Waals surface area contributed by atoms with Crippen LogP contribution in [-0.4, -0.2) is 25.3 Å². The average Bonchev–Trinajstić information content (AvgIpc) is 2.39. The first-order valence-corrected chi connectivity index (χ1v) is 6.25. The summed E-state index contributed by atoms with van der Waals surface area (Å²) in [5.74, 6) is 0.802. The number of rotatable bonds is 3. The van der Waals surface area contributed by atoms with E-state index in [4.69, 9.17) is 4.74 Å². The van der Waals surface area contributed by atoms with Gasteiger partial charge in [0.25, 0.3) is 0 Å². The Bertz CT molecular complexity index is 380. The van der Waals surface area contributed by atoms with Gasteiger partial charge in [-0.15, -0.1) is 0 Å². The average molecular weight is 235 g/mol. The van der Waals surface area contributed by atoms with Gasteiger partial charge in [0.05, 0.1) is 7.11 Å². The Balaban J connectivity index is 2.33. The first-order chi connectivity index (χ1) is 8.20. The molecule has 2 N–H and O–H groups in total. The largest absolute Gasteiger partial charge is 0.497 e. The molecule has 1 aromatic carbocycles. The summed E-state index contributed by atoms with van der Waals surface area (Å²) < 4.78 is 5.23. The summed E-state index contributed by atoms with van der Waals surface area (Å²) in [5, 5.41) is 14.1. The highest BCUT2D eigenvalue weighted by molar-refractivity contribution is 5.33. The normalized spacial score (nSPS) is 29.0. The van der Waals surface area contributed by atoms with Crippen molar-refractivity contribution in [3.8, 4) is 5.75 Å². The summed E-state index contributed by atoms with van der Waals surface area (Å²) in [5.41, 5.74) is 0.192. The number of hydrogen-bond acceptors (Lipinski definition) is 3. The van der Waals surface area contributed by atoms with Crippen molar-refractivity contribution in [2.75, 3.05) is 14.2 Å². The molecule has 0 aliphatic heterocycles. The van der Waals surface area contributed by atoms with Crippen LogP contribution in [0.4, 0.5) is 0 Å². The van der Waals surface area contributed by atoms with Crippen LogP contribution < -0.4 is 10.1 Å². The first kappa shape index (κ1) is 12.4. The van der Waals surface area contributed by atoms with E-state index in [1.807, 2.05) is 31.3 Å². The fraction of sp³-hybridized carbons (Fsp3) is 0.571. The molecule has 0 bridgehead atoms. The highest BCUT2D eigenvalue weighted by Crippen LogP contribution is 2.38. The highest BCUT2D eigenvalue weighted by atomic mass is 16.5. The lowest BCUT2D eigenvalue weighted by atomic mass is 9.76. The zero-order valence-corrected chi connectivity index (χ0v) is 10.6. The van der Waals surface area contributed by atoms with Crippen LogP contribution in [0, 0.1) is 0 Å². The molecule has 2 rings (SSSR count). The van der Waals surface area contributed by atoms with Crippen LogP contribution in [0.3, 0.4) is 0 Å². The van der Waals surface area contributed by atoms with E-state index in [0.29, 0.717) is 0 Å². The van der Waals surface area contributed by atoms with Crippen molar-refractivity contribution in [3.05, 3.63) is 29.8 Å². The lowest BCUT2D eigenvalue weighted by Gasteiger charge is -2.40. The fourth-order valence-electron chi connectivity index (χ4n) is 2.78. The second-order valence-corrected chi connectivity index (χ2v) is 4.74. The standard InChI is InChI=1S/C14H21NO2/c1-15-13-8-3-4-9-14(13,16)11-6-5-7-12(10-11)17-2/h5-7,10,13,15-16H,3-4,8-9H2,1-2H3/t13-,14?/m1/s1. The molecule has 0 saturated heterocycles. The van der Waals surface area contributed by atoms with Crippen LogP contribution in [0.2, 0.25) is 0 Å². The Kier molecular flexibility index (Phi) is 3.69. The second-order valence-electron chi connectivity index (χ2n) is 4.74. The molecule has 3 heteroatoms. The smallest absolute Gasteiger partial charge is 0.119 e. The second kappa shape index (κ2) is 5.07. The van der Waals surface area contributed by atoms with Gasteiger partial charge in [-0.25, -0.2) is 0 Å². The molecule has 0 spiro atoms. The zero-order valence-electron chi connectivity index (χ0n) is 10.6. The lowest BCUT2D eigenvalue weighted by molar-refractivity contribution is -0.0300. The lowest BCUT2D eigenvalue weighted by Crippen LogP contribution is -2.49. The minimum Gasteiger partial charge on any atom is -0.497 e. The number of likely N-dealkylation sites (N-methyl/N-ethyl adjacent to an activating group) is 1. The maximum Gasteiger partial charge on any atom is 0.119 e. The van der Waals surface area contributed by atoms with Gasteiger partial charge < -0.3 is 15.2 Å². The van der Waals surface area contributed by atoms with E-state index < -0.39 is 5.60 Å². The Labute approximate surface area is 103 Å². The Morgan fingerprint density at radius 3 is 2.94 bits per heavy atom. The summed E-state index contributed by atoms with van der Waals surface area (Å²) in [4.78, 5) is 0. The molecule has 0 radical (unpaired) electrons. The number of nitrogens with one attached hydrogen (secondary N) is 1. The molecular weight excluding hydrogens is 214 g/mol. The van der Waals surface area contributed by atoms with Gasteiger partial charge in [-0.05, 0) is 37.6 Å². The van der Waals surface area contributed by atoms with E-state index in [2.05, 4.69) is 5.32 Å². The van der Waals surface area contributed by atoms with Crippen LogP contribution in [0.5, 0.6) is 5.75 Å². The van der Waals surface area contributed by atoms with Crippen molar-refractivity contribution >= 4 is 0 Å². The molecule has 0 heterocycles. The Hall–Kier alpha value is -1.06. The number of aliphatic hydroxyl groups is 1. The minimum atomic E-state index is -0.762. The van der Waals surface area contributed by atoms with E-state index >= 15 is 0 Å². The maximum atomic E-state index is 10.9. The predicted octanol–water partition coefficient (Wildman–Crippen LogP) is 2.04. The summed E-state index contributed by atoms with van der Waals surface area (Å²) in [6.07, 6.45) is 4.08. The third-order valence-electron chi connectivity index (χ3n) is 3.80. The Morgan fingerprint density at radius 1 is 1.41 bits per heavy atom. The third-order valence-corrected chi connectivity index (χ3v) is 3.80. The van der Waals surface area contributed by atoms with Crippen LogP contribution in [0.15, 0.2) is 24.3 Å². The number of methoxy groups -OCH3 is 1. The molecule has 1 aliphatic rings. The summed E-state index contributed by atoms with van der Waals surface area (Å²) in [7, 11) is 3.57. The molecule has 3 nitrogen and oxygen atoms in total. The van der Waals surface area contributed by atoms with Crippen LogP contribution in [0.25, 0.3) is 0 Å². The van der Waals surface area contributed by atoms with Gasteiger partial charge in [0.2, 0.25) is 0 Å². The van der Waals surface area contributed by atoms with E-state index in [1.54, 1.807) is 7.11 Å². The molecule has 1 saturated carbocycles. The van der Waals surface area contributed by atoms with E-state index in [9.17, 15) is 5.11 Å². The fourth-order valence-corrected chi connectivity index (χ4v) is 2.78. The van der Waals surface area contributed by atoms with Gasteiger partial charge in [-0.1, -0.05) is 25.0 Å². The highest BCUT2D eigenvalue weighted by Gasteiger charge is 2.39. The molecule has 0 aromatic heterocycles. The topological polar surface area (TPSA) is 41.5 Å². The molecule has 1 aliphatic carbocycles. The van der Waals surface area contributed by atoms with Gasteiger partial charge in [0.15, 0.2) is 0 Å². The van der Waals surface area contributed by atoms with Crippen molar-refractivity contribution in [3.63, 3.8) is 0 Å². The number of benzene rings is 1. The van der Waals surface area contributed by atoms with Crippen molar-refractivity contribution in [2.24, 2.45) is 0 Å². The molecule has 1 unspecified atom stereocenters. The summed E-state index contributed by atoms with van der Waals surface area (Å²) in [6.45, 7) is 0. The van der Waals surface area contributed by atoms with Gasteiger partial charge in [0, 0.05) is 6.04 Å². The number of hydrogen-bond donors (Lipinski definition) is 2. The van der Waals surface area contributed by atoms with Crippen molar-refractivity contribution < 1.29 is 9.84 Å². The quantitative estimate of drug-likeness (QED) is 0.842. The van der Waals surface area contributed by atoms with E-state index in [-0.39, 0.29) is 6.04 Å². The van der Waals surface area contributed by atoms with Gasteiger partial charge in [0.1, 0.15) is 11.4 Å². The van der Waals surface area contributed by atoms with Crippen molar-refractivity contribution in [2.45, 2.75) is 37.3 Å². The molecule has 0 amide bonds. The zero-order chi connectivity index (χ0) is 12.3. The van der Waals surface area contributed by atoms with Gasteiger partial charge in [-0.2, -0.15) is 0 Å².